The van der Waals surface area contributed by atoms with Gasteiger partial charge in [0.05, 0.1) is 29.5 Å². The number of aliphatic hydroxyl groups excluding tert-OH is 1. The number of halogens is 1. The average Bonchev–Trinajstić information content (AvgIpc) is 3.00. The van der Waals surface area contributed by atoms with E-state index in [0.29, 0.717) is 29.0 Å². The van der Waals surface area contributed by atoms with Gasteiger partial charge >= 0.3 is 0 Å². The number of nitriles is 1. The lowest BCUT2D eigenvalue weighted by atomic mass is 9.88. The summed E-state index contributed by atoms with van der Waals surface area (Å²) in [5.74, 6) is 1.19. The van der Waals surface area contributed by atoms with E-state index in [4.69, 9.17) is 5.26 Å². The lowest BCUT2D eigenvalue weighted by Crippen LogP contribution is -2.41. The topological polar surface area (TPSA) is 47.3 Å². The molecular weight excluding hydrogens is 243 g/mol. The van der Waals surface area contributed by atoms with Crippen molar-refractivity contribution in [2.45, 2.75) is 25.0 Å². The molecule has 5 unspecified atom stereocenters. The van der Waals surface area contributed by atoms with Crippen LogP contribution in [0.3, 0.4) is 0 Å². The Kier molecular flexibility index (Phi) is 2.19. The van der Waals surface area contributed by atoms with Gasteiger partial charge in [0.25, 0.3) is 0 Å². The van der Waals surface area contributed by atoms with Crippen LogP contribution in [0.2, 0.25) is 0 Å². The van der Waals surface area contributed by atoms with Crippen LogP contribution >= 0.6 is 0 Å². The summed E-state index contributed by atoms with van der Waals surface area (Å²) < 4.78 is 14.1. The number of aliphatic hydroxyl groups is 1. The van der Waals surface area contributed by atoms with Gasteiger partial charge in [0.2, 0.25) is 0 Å². The largest absolute Gasteiger partial charge is 0.391 e. The molecular formula is C15H15FN2O. The number of anilines is 1. The summed E-state index contributed by atoms with van der Waals surface area (Å²) in [6.45, 7) is 0.839. The summed E-state index contributed by atoms with van der Waals surface area (Å²) in [5.41, 5.74) is 0.881. The van der Waals surface area contributed by atoms with Crippen LogP contribution in [0.5, 0.6) is 0 Å². The quantitative estimate of drug-likeness (QED) is 0.837. The second kappa shape index (κ2) is 3.71. The second-order valence-corrected chi connectivity index (χ2v) is 6.07. The maximum absolute atomic E-state index is 14.1. The molecule has 0 amide bonds. The number of benzene rings is 1. The number of fused-ring (bicyclic) bond motifs is 1. The maximum Gasteiger partial charge on any atom is 0.147 e. The Balaban J connectivity index is 1.73. The van der Waals surface area contributed by atoms with E-state index in [1.54, 1.807) is 12.1 Å². The van der Waals surface area contributed by atoms with Gasteiger partial charge in [-0.2, -0.15) is 5.26 Å². The summed E-state index contributed by atoms with van der Waals surface area (Å²) in [6, 6.07) is 6.64. The van der Waals surface area contributed by atoms with E-state index in [1.165, 1.54) is 6.07 Å². The first-order valence-electron chi connectivity index (χ1n) is 6.83. The fourth-order valence-corrected chi connectivity index (χ4v) is 4.50. The van der Waals surface area contributed by atoms with Gasteiger partial charge in [-0.05, 0) is 48.8 Å². The average molecular weight is 258 g/mol. The van der Waals surface area contributed by atoms with E-state index >= 15 is 0 Å². The van der Waals surface area contributed by atoms with E-state index < -0.39 is 0 Å². The van der Waals surface area contributed by atoms with Crippen molar-refractivity contribution in [3.8, 4) is 6.07 Å². The molecule has 0 spiro atoms. The van der Waals surface area contributed by atoms with Crippen LogP contribution in [-0.4, -0.2) is 23.8 Å². The first-order chi connectivity index (χ1) is 9.19. The van der Waals surface area contributed by atoms with Crippen LogP contribution in [0.25, 0.3) is 0 Å². The van der Waals surface area contributed by atoms with Crippen molar-refractivity contribution in [3.63, 3.8) is 0 Å². The standard InChI is InChI=1S/C15H15FN2O/c16-12-3-8(6-17)1-2-13(12)18-7-10-4-9-5-11(10)14(18)15(9)19/h1-3,9-11,14-15,19H,4-5,7H2. The Morgan fingerprint density at radius 3 is 2.84 bits per heavy atom. The molecule has 1 aromatic carbocycles. The summed E-state index contributed by atoms with van der Waals surface area (Å²) in [6.07, 6.45) is 1.85. The van der Waals surface area contributed by atoms with E-state index in [9.17, 15) is 9.50 Å². The van der Waals surface area contributed by atoms with E-state index in [2.05, 4.69) is 0 Å². The molecule has 1 N–H and O–H groups in total. The molecule has 4 heteroatoms. The molecule has 1 saturated heterocycles. The molecule has 3 nitrogen and oxygen atoms in total. The van der Waals surface area contributed by atoms with Crippen molar-refractivity contribution < 1.29 is 9.50 Å². The van der Waals surface area contributed by atoms with Gasteiger partial charge < -0.3 is 10.0 Å². The molecule has 1 aromatic rings. The minimum Gasteiger partial charge on any atom is -0.391 e. The fraction of sp³-hybridized carbons (Fsp3) is 0.533. The molecule has 2 bridgehead atoms. The first kappa shape index (κ1) is 11.2. The second-order valence-electron chi connectivity index (χ2n) is 6.07. The highest BCUT2D eigenvalue weighted by Gasteiger charge is 2.59. The predicted octanol–water partition coefficient (Wildman–Crippen LogP) is 1.90. The molecule has 98 valence electrons. The molecule has 1 heterocycles. The van der Waals surface area contributed by atoms with Crippen molar-refractivity contribution >= 4 is 5.69 Å². The van der Waals surface area contributed by atoms with Crippen molar-refractivity contribution in [3.05, 3.63) is 29.6 Å². The highest BCUT2D eigenvalue weighted by molar-refractivity contribution is 5.54. The molecule has 1 aliphatic heterocycles. The normalized spacial score (nSPS) is 38.8. The minimum atomic E-state index is -0.351. The summed E-state index contributed by atoms with van der Waals surface area (Å²) in [5, 5.41) is 19.1. The zero-order chi connectivity index (χ0) is 13.1. The van der Waals surface area contributed by atoms with Gasteiger partial charge in [0.1, 0.15) is 5.82 Å². The lowest BCUT2D eigenvalue weighted by Gasteiger charge is -2.30. The van der Waals surface area contributed by atoms with Crippen LogP contribution in [0.4, 0.5) is 10.1 Å². The summed E-state index contributed by atoms with van der Waals surface area (Å²) in [4.78, 5) is 2.03. The molecule has 5 atom stereocenters. The number of hydrogen-bond acceptors (Lipinski definition) is 3. The van der Waals surface area contributed by atoms with E-state index in [1.807, 2.05) is 11.0 Å². The molecule has 3 fully saturated rings. The van der Waals surface area contributed by atoms with Crippen molar-refractivity contribution in [1.82, 2.24) is 0 Å². The highest BCUT2D eigenvalue weighted by Crippen LogP contribution is 2.55. The maximum atomic E-state index is 14.1. The Labute approximate surface area is 111 Å². The van der Waals surface area contributed by atoms with Gasteiger partial charge in [-0.1, -0.05) is 0 Å². The van der Waals surface area contributed by atoms with Crippen molar-refractivity contribution in [1.29, 1.82) is 5.26 Å². The molecule has 2 aliphatic carbocycles. The zero-order valence-corrected chi connectivity index (χ0v) is 10.5. The third-order valence-electron chi connectivity index (χ3n) is 5.23. The van der Waals surface area contributed by atoms with Crippen molar-refractivity contribution in [2.24, 2.45) is 17.8 Å². The van der Waals surface area contributed by atoms with Gasteiger partial charge in [0.15, 0.2) is 0 Å². The smallest absolute Gasteiger partial charge is 0.147 e. The Morgan fingerprint density at radius 1 is 1.32 bits per heavy atom. The molecule has 0 radical (unpaired) electrons. The molecule has 3 aliphatic rings. The minimum absolute atomic E-state index is 0.0752. The SMILES string of the molecule is N#Cc1ccc(N2CC3CC4CC3C2C4O)c(F)c1. The first-order valence-corrected chi connectivity index (χ1v) is 6.83. The highest BCUT2D eigenvalue weighted by atomic mass is 19.1. The Morgan fingerprint density at radius 2 is 2.16 bits per heavy atom. The van der Waals surface area contributed by atoms with Crippen LogP contribution < -0.4 is 4.90 Å². The molecule has 4 rings (SSSR count). The Bertz CT molecular complexity index is 580. The third kappa shape index (κ3) is 1.39. The number of rotatable bonds is 1. The Hall–Kier alpha value is -1.60. The van der Waals surface area contributed by atoms with Crippen LogP contribution in [-0.2, 0) is 0 Å². The summed E-state index contributed by atoms with van der Waals surface area (Å²) >= 11 is 0. The number of hydrogen-bond donors (Lipinski definition) is 1. The van der Waals surface area contributed by atoms with E-state index in [0.717, 1.165) is 19.4 Å². The van der Waals surface area contributed by atoms with Crippen LogP contribution in [0.15, 0.2) is 18.2 Å². The summed E-state index contributed by atoms with van der Waals surface area (Å²) in [7, 11) is 0. The van der Waals surface area contributed by atoms with Crippen molar-refractivity contribution in [2.75, 3.05) is 11.4 Å². The molecule has 2 saturated carbocycles. The van der Waals surface area contributed by atoms with Gasteiger partial charge in [-0.15, -0.1) is 0 Å². The molecule has 0 aromatic heterocycles. The predicted molar refractivity (Wildman–Crippen MR) is 68.0 cm³/mol. The van der Waals surface area contributed by atoms with Gasteiger partial charge in [-0.25, -0.2) is 4.39 Å². The zero-order valence-electron chi connectivity index (χ0n) is 10.5. The van der Waals surface area contributed by atoms with Crippen LogP contribution in [0, 0.1) is 34.9 Å². The van der Waals surface area contributed by atoms with Gasteiger partial charge in [0, 0.05) is 6.54 Å². The molecule has 19 heavy (non-hydrogen) atoms. The van der Waals surface area contributed by atoms with Crippen LogP contribution in [0.1, 0.15) is 18.4 Å². The fourth-order valence-electron chi connectivity index (χ4n) is 4.50. The lowest BCUT2D eigenvalue weighted by molar-refractivity contribution is 0.0965. The monoisotopic (exact) mass is 258 g/mol. The van der Waals surface area contributed by atoms with Gasteiger partial charge in [-0.3, -0.25) is 0 Å². The van der Waals surface area contributed by atoms with E-state index in [-0.39, 0.29) is 18.0 Å². The number of nitrogens with zero attached hydrogens (tertiary/aromatic N) is 2. The third-order valence-corrected chi connectivity index (χ3v) is 5.23.